The van der Waals surface area contributed by atoms with Crippen molar-refractivity contribution in [2.75, 3.05) is 0 Å². The Labute approximate surface area is 117 Å². The van der Waals surface area contributed by atoms with Gasteiger partial charge in [-0.25, -0.2) is 5.43 Å². The summed E-state index contributed by atoms with van der Waals surface area (Å²) in [5, 5.41) is 4.14. The van der Waals surface area contributed by atoms with E-state index < -0.39 is 0 Å². The standard InChI is InChI=1S/C15H16N2OS/c1-10-5-4-6-13(9-10)15(18)17-16-12(3)14-8-7-11(2)19-14/h4-9H,1-3H3,(H,17,18)/b16-12+. The molecule has 2 aromatic rings. The van der Waals surface area contributed by atoms with Crippen LogP contribution in [-0.2, 0) is 0 Å². The molecule has 0 atom stereocenters. The Morgan fingerprint density at radius 2 is 2.00 bits per heavy atom. The van der Waals surface area contributed by atoms with E-state index in [9.17, 15) is 4.79 Å². The fraction of sp³-hybridized carbons (Fsp3) is 0.200. The first-order chi connectivity index (χ1) is 9.06. The Morgan fingerprint density at radius 1 is 1.21 bits per heavy atom. The zero-order chi connectivity index (χ0) is 13.8. The van der Waals surface area contributed by atoms with Gasteiger partial charge in [0.2, 0.25) is 0 Å². The van der Waals surface area contributed by atoms with Gasteiger partial charge in [0.25, 0.3) is 5.91 Å². The highest BCUT2D eigenvalue weighted by molar-refractivity contribution is 7.14. The number of nitrogens with one attached hydrogen (secondary N) is 1. The van der Waals surface area contributed by atoms with Gasteiger partial charge in [-0.3, -0.25) is 4.79 Å². The third-order valence-electron chi connectivity index (χ3n) is 2.70. The first kappa shape index (κ1) is 13.5. The minimum absolute atomic E-state index is 0.184. The molecule has 0 bridgehead atoms. The SMILES string of the molecule is C/C(=N\NC(=O)c1cccc(C)c1)c1ccc(C)s1. The highest BCUT2D eigenvalue weighted by atomic mass is 32.1. The van der Waals surface area contributed by atoms with Crippen molar-refractivity contribution in [2.45, 2.75) is 20.8 Å². The summed E-state index contributed by atoms with van der Waals surface area (Å²) in [4.78, 5) is 14.2. The quantitative estimate of drug-likeness (QED) is 0.674. The lowest BCUT2D eigenvalue weighted by Crippen LogP contribution is -2.19. The molecule has 1 aromatic carbocycles. The first-order valence-electron chi connectivity index (χ1n) is 6.04. The number of nitrogens with zero attached hydrogens (tertiary/aromatic N) is 1. The predicted molar refractivity (Wildman–Crippen MR) is 79.9 cm³/mol. The summed E-state index contributed by atoms with van der Waals surface area (Å²) in [5.74, 6) is -0.184. The lowest BCUT2D eigenvalue weighted by atomic mass is 10.1. The fourth-order valence-electron chi connectivity index (χ4n) is 1.67. The summed E-state index contributed by atoms with van der Waals surface area (Å²) in [5.41, 5.74) is 5.09. The van der Waals surface area contributed by atoms with Gasteiger partial charge in [-0.15, -0.1) is 11.3 Å². The molecule has 0 aliphatic rings. The number of carbonyl (C=O) groups is 1. The highest BCUT2D eigenvalue weighted by Gasteiger charge is 2.05. The second-order valence-corrected chi connectivity index (χ2v) is 5.71. The van der Waals surface area contributed by atoms with Crippen LogP contribution in [0.3, 0.4) is 0 Å². The summed E-state index contributed by atoms with van der Waals surface area (Å²) in [6.45, 7) is 5.90. The number of hydrogen-bond donors (Lipinski definition) is 1. The number of aryl methyl sites for hydroxylation is 2. The second-order valence-electron chi connectivity index (χ2n) is 4.42. The van der Waals surface area contributed by atoms with E-state index in [1.54, 1.807) is 17.4 Å². The predicted octanol–water partition coefficient (Wildman–Crippen LogP) is 3.52. The van der Waals surface area contributed by atoms with Gasteiger partial charge in [-0.2, -0.15) is 5.10 Å². The van der Waals surface area contributed by atoms with Crippen LogP contribution in [0.15, 0.2) is 41.5 Å². The molecule has 0 fully saturated rings. The smallest absolute Gasteiger partial charge is 0.267 e. The molecule has 2 rings (SSSR count). The molecule has 0 aliphatic carbocycles. The molecule has 1 aromatic heterocycles. The molecule has 0 spiro atoms. The van der Waals surface area contributed by atoms with E-state index in [4.69, 9.17) is 0 Å². The topological polar surface area (TPSA) is 41.5 Å². The van der Waals surface area contributed by atoms with E-state index in [-0.39, 0.29) is 5.91 Å². The first-order valence-corrected chi connectivity index (χ1v) is 6.86. The van der Waals surface area contributed by atoms with Gasteiger partial charge in [-0.1, -0.05) is 17.7 Å². The Balaban J connectivity index is 2.07. The molecule has 1 heterocycles. The maximum Gasteiger partial charge on any atom is 0.271 e. The number of rotatable bonds is 3. The molecule has 0 aliphatic heterocycles. The van der Waals surface area contributed by atoms with Crippen LogP contribution in [0.25, 0.3) is 0 Å². The minimum atomic E-state index is -0.184. The third kappa shape index (κ3) is 3.51. The monoisotopic (exact) mass is 272 g/mol. The van der Waals surface area contributed by atoms with Crippen LogP contribution in [0.4, 0.5) is 0 Å². The van der Waals surface area contributed by atoms with E-state index in [1.807, 2.05) is 51.1 Å². The average Bonchev–Trinajstić information content (AvgIpc) is 2.82. The molecule has 1 amide bonds. The van der Waals surface area contributed by atoms with Crippen LogP contribution in [0.1, 0.15) is 32.6 Å². The average molecular weight is 272 g/mol. The molecule has 4 heteroatoms. The lowest BCUT2D eigenvalue weighted by molar-refractivity contribution is 0.0955. The van der Waals surface area contributed by atoms with Crippen molar-refractivity contribution < 1.29 is 4.79 Å². The van der Waals surface area contributed by atoms with Gasteiger partial charge in [-0.05, 0) is 45.0 Å². The van der Waals surface area contributed by atoms with Gasteiger partial charge in [0, 0.05) is 10.4 Å². The largest absolute Gasteiger partial charge is 0.271 e. The van der Waals surface area contributed by atoms with Crippen LogP contribution in [0.5, 0.6) is 0 Å². The summed E-state index contributed by atoms with van der Waals surface area (Å²) >= 11 is 1.66. The number of thiophene rings is 1. The Kier molecular flexibility index (Phi) is 4.12. The molecule has 0 saturated carbocycles. The molecular weight excluding hydrogens is 256 g/mol. The summed E-state index contributed by atoms with van der Waals surface area (Å²) in [6.07, 6.45) is 0. The van der Waals surface area contributed by atoms with Gasteiger partial charge >= 0.3 is 0 Å². The fourth-order valence-corrected chi connectivity index (χ4v) is 2.48. The van der Waals surface area contributed by atoms with Crippen molar-refractivity contribution in [1.82, 2.24) is 5.43 Å². The van der Waals surface area contributed by atoms with Gasteiger partial charge < -0.3 is 0 Å². The van der Waals surface area contributed by atoms with Crippen molar-refractivity contribution in [3.63, 3.8) is 0 Å². The number of benzene rings is 1. The summed E-state index contributed by atoms with van der Waals surface area (Å²) in [7, 11) is 0. The summed E-state index contributed by atoms with van der Waals surface area (Å²) in [6, 6.07) is 11.5. The molecule has 98 valence electrons. The maximum atomic E-state index is 11.9. The zero-order valence-electron chi connectivity index (χ0n) is 11.2. The number of carbonyl (C=O) groups excluding carboxylic acids is 1. The Hall–Kier alpha value is -1.94. The lowest BCUT2D eigenvalue weighted by Gasteiger charge is -2.02. The number of amides is 1. The van der Waals surface area contributed by atoms with Gasteiger partial charge in [0.05, 0.1) is 10.6 Å². The van der Waals surface area contributed by atoms with Crippen molar-refractivity contribution in [1.29, 1.82) is 0 Å². The van der Waals surface area contributed by atoms with Crippen LogP contribution in [0, 0.1) is 13.8 Å². The second kappa shape index (κ2) is 5.80. The van der Waals surface area contributed by atoms with Crippen LogP contribution in [0.2, 0.25) is 0 Å². The van der Waals surface area contributed by atoms with E-state index in [1.165, 1.54) is 4.88 Å². The zero-order valence-corrected chi connectivity index (χ0v) is 12.0. The summed E-state index contributed by atoms with van der Waals surface area (Å²) < 4.78 is 0. The number of hydrogen-bond acceptors (Lipinski definition) is 3. The minimum Gasteiger partial charge on any atom is -0.267 e. The van der Waals surface area contributed by atoms with Crippen LogP contribution >= 0.6 is 11.3 Å². The van der Waals surface area contributed by atoms with Crippen LogP contribution in [-0.4, -0.2) is 11.6 Å². The molecule has 0 unspecified atom stereocenters. The Bertz CT molecular complexity index is 629. The van der Waals surface area contributed by atoms with Crippen molar-refractivity contribution in [2.24, 2.45) is 5.10 Å². The molecule has 0 radical (unpaired) electrons. The van der Waals surface area contributed by atoms with Gasteiger partial charge in [0.1, 0.15) is 0 Å². The van der Waals surface area contributed by atoms with E-state index >= 15 is 0 Å². The van der Waals surface area contributed by atoms with Crippen molar-refractivity contribution >= 4 is 23.0 Å². The highest BCUT2D eigenvalue weighted by Crippen LogP contribution is 2.15. The van der Waals surface area contributed by atoms with Crippen LogP contribution < -0.4 is 5.43 Å². The van der Waals surface area contributed by atoms with E-state index in [2.05, 4.69) is 10.5 Å². The normalized spacial score (nSPS) is 11.4. The van der Waals surface area contributed by atoms with E-state index in [0.717, 1.165) is 16.2 Å². The maximum absolute atomic E-state index is 11.9. The number of hydrazone groups is 1. The molecule has 19 heavy (non-hydrogen) atoms. The molecule has 1 N–H and O–H groups in total. The Morgan fingerprint density at radius 3 is 2.63 bits per heavy atom. The third-order valence-corrected chi connectivity index (χ3v) is 3.81. The molecule has 0 saturated heterocycles. The molecular formula is C15H16N2OS. The van der Waals surface area contributed by atoms with Crippen molar-refractivity contribution in [3.8, 4) is 0 Å². The molecule has 3 nitrogen and oxygen atoms in total. The van der Waals surface area contributed by atoms with Crippen molar-refractivity contribution in [3.05, 3.63) is 57.3 Å². The van der Waals surface area contributed by atoms with Gasteiger partial charge in [0.15, 0.2) is 0 Å². The van der Waals surface area contributed by atoms with E-state index in [0.29, 0.717) is 5.56 Å².